The largest absolute Gasteiger partial charge is 0.493 e. The van der Waals surface area contributed by atoms with E-state index >= 15 is 0 Å². The van der Waals surface area contributed by atoms with Crippen molar-refractivity contribution in [1.29, 1.82) is 0 Å². The highest BCUT2D eigenvalue weighted by atomic mass is 16.7. The van der Waals surface area contributed by atoms with Crippen LogP contribution >= 0.6 is 0 Å². The van der Waals surface area contributed by atoms with Crippen molar-refractivity contribution in [1.82, 2.24) is 4.90 Å². The summed E-state index contributed by atoms with van der Waals surface area (Å²) in [5.74, 6) is -0.428. The number of methoxy groups -OCH3 is 2. The molecule has 0 radical (unpaired) electrons. The third kappa shape index (κ3) is 4.45. The zero-order valence-electron chi connectivity index (χ0n) is 17.0. The lowest BCUT2D eigenvalue weighted by Crippen LogP contribution is -2.32. The molecule has 0 bridgehead atoms. The van der Waals surface area contributed by atoms with E-state index in [9.17, 15) is 14.4 Å². The Bertz CT molecular complexity index is 869. The Morgan fingerprint density at radius 2 is 1.73 bits per heavy atom. The quantitative estimate of drug-likeness (QED) is 0.171. The van der Waals surface area contributed by atoms with Gasteiger partial charge in [0, 0.05) is 18.5 Å². The van der Waals surface area contributed by atoms with Gasteiger partial charge in [-0.15, -0.1) is 0 Å². The number of carbonyl (C=O) groups is 3. The highest BCUT2D eigenvalue weighted by Crippen LogP contribution is 2.35. The van der Waals surface area contributed by atoms with Gasteiger partial charge in [-0.05, 0) is 37.5 Å². The van der Waals surface area contributed by atoms with E-state index in [-0.39, 0.29) is 42.5 Å². The van der Waals surface area contributed by atoms with Crippen molar-refractivity contribution >= 4 is 23.6 Å². The summed E-state index contributed by atoms with van der Waals surface area (Å²) >= 11 is 0. The minimum absolute atomic E-state index is 0.00535. The van der Waals surface area contributed by atoms with E-state index < -0.39 is 5.97 Å². The first-order valence-electron chi connectivity index (χ1n) is 9.72. The number of carbonyl (C=O) groups excluding carboxylic acids is 3. The minimum atomic E-state index is -0.600. The first-order chi connectivity index (χ1) is 14.5. The van der Waals surface area contributed by atoms with Crippen LogP contribution in [0, 0.1) is 11.8 Å². The lowest BCUT2D eigenvalue weighted by Gasteiger charge is -2.14. The van der Waals surface area contributed by atoms with Gasteiger partial charge in [-0.25, -0.2) is 4.79 Å². The molecule has 2 N–H and O–H groups in total. The van der Waals surface area contributed by atoms with Gasteiger partial charge in [-0.2, -0.15) is 0 Å². The number of hydrogen-bond acceptors (Lipinski definition) is 7. The van der Waals surface area contributed by atoms with Crippen LogP contribution in [-0.2, 0) is 19.2 Å². The fraction of sp³-hybridized carbons (Fsp3) is 0.429. The molecule has 160 valence electrons. The third-order valence-corrected chi connectivity index (χ3v) is 5.29. The number of allylic oxidation sites excluding steroid dienone is 2. The van der Waals surface area contributed by atoms with Crippen molar-refractivity contribution in [2.45, 2.75) is 25.7 Å². The summed E-state index contributed by atoms with van der Waals surface area (Å²) in [6.45, 7) is 0.189. The lowest BCUT2D eigenvalue weighted by molar-refractivity contribution is -0.145. The van der Waals surface area contributed by atoms with Crippen molar-refractivity contribution in [3.05, 3.63) is 35.9 Å². The van der Waals surface area contributed by atoms with Gasteiger partial charge in [0.05, 0.1) is 26.1 Å². The molecule has 0 saturated carbocycles. The molecule has 2 aliphatic rings. The van der Waals surface area contributed by atoms with Crippen LogP contribution in [0.15, 0.2) is 35.5 Å². The molecule has 1 aliphatic carbocycles. The highest BCUT2D eigenvalue weighted by Gasteiger charge is 2.46. The summed E-state index contributed by atoms with van der Waals surface area (Å²) in [5, 5.41) is 3.66. The number of amides is 2. The number of rotatable bonds is 8. The van der Waals surface area contributed by atoms with Gasteiger partial charge >= 0.3 is 5.97 Å². The van der Waals surface area contributed by atoms with Crippen LogP contribution in [0.2, 0.25) is 0 Å². The molecule has 1 heterocycles. The second-order valence-corrected chi connectivity index (χ2v) is 7.10. The zero-order valence-corrected chi connectivity index (χ0v) is 17.0. The van der Waals surface area contributed by atoms with E-state index in [1.807, 2.05) is 12.2 Å². The molecule has 1 aliphatic heterocycles. The Morgan fingerprint density at radius 3 is 2.33 bits per heavy atom. The standard InChI is InChI=1S/C21H25N3O6/c1-28-16-10-9-13(12-17(16)29-2)19(22)23-30-18(25)8-5-11-24-20(26)14-6-3-4-7-15(14)21(24)27/h3-4,9-10,12,14-15H,5-8,11H2,1-2H3,(H2,22,23)/t14-,15+. The zero-order chi connectivity index (χ0) is 21.7. The first kappa shape index (κ1) is 21.4. The molecule has 3 rings (SSSR count). The van der Waals surface area contributed by atoms with Crippen molar-refractivity contribution in [3.63, 3.8) is 0 Å². The smallest absolute Gasteiger partial charge is 0.335 e. The van der Waals surface area contributed by atoms with E-state index in [2.05, 4.69) is 5.16 Å². The van der Waals surface area contributed by atoms with E-state index in [0.717, 1.165) is 0 Å². The molecule has 2 amide bonds. The van der Waals surface area contributed by atoms with Crippen LogP contribution in [0.25, 0.3) is 0 Å². The third-order valence-electron chi connectivity index (χ3n) is 5.29. The predicted molar refractivity (Wildman–Crippen MR) is 108 cm³/mol. The van der Waals surface area contributed by atoms with Crippen LogP contribution in [0.3, 0.4) is 0 Å². The van der Waals surface area contributed by atoms with E-state index in [1.54, 1.807) is 18.2 Å². The van der Waals surface area contributed by atoms with Gasteiger partial charge in [-0.3, -0.25) is 14.5 Å². The van der Waals surface area contributed by atoms with E-state index in [0.29, 0.717) is 36.3 Å². The van der Waals surface area contributed by atoms with Crippen LogP contribution in [0.4, 0.5) is 0 Å². The summed E-state index contributed by atoms with van der Waals surface area (Å²) in [4.78, 5) is 42.9. The average molecular weight is 415 g/mol. The fourth-order valence-corrected chi connectivity index (χ4v) is 3.66. The molecule has 0 spiro atoms. The number of benzene rings is 1. The van der Waals surface area contributed by atoms with E-state index in [4.69, 9.17) is 20.0 Å². The number of amidine groups is 1. The first-order valence-corrected chi connectivity index (χ1v) is 9.72. The minimum Gasteiger partial charge on any atom is -0.493 e. The number of nitrogens with two attached hydrogens (primary N) is 1. The number of hydrogen-bond donors (Lipinski definition) is 1. The Kier molecular flexibility index (Phi) is 6.71. The molecule has 1 fully saturated rings. The molecule has 1 saturated heterocycles. The Hall–Kier alpha value is -3.36. The van der Waals surface area contributed by atoms with Gasteiger partial charge in [0.2, 0.25) is 11.8 Å². The number of fused-ring (bicyclic) bond motifs is 1. The van der Waals surface area contributed by atoms with Crippen LogP contribution in [0.1, 0.15) is 31.2 Å². The molecule has 9 nitrogen and oxygen atoms in total. The molecule has 9 heteroatoms. The Labute approximate surface area is 174 Å². The molecule has 0 aromatic heterocycles. The second kappa shape index (κ2) is 9.43. The molecule has 2 atom stereocenters. The summed E-state index contributed by atoms with van der Waals surface area (Å²) in [7, 11) is 3.01. The van der Waals surface area contributed by atoms with Crippen molar-refractivity contribution in [2.75, 3.05) is 20.8 Å². The molecular weight excluding hydrogens is 390 g/mol. The number of likely N-dealkylation sites (tertiary alicyclic amines) is 1. The average Bonchev–Trinajstić information content (AvgIpc) is 3.02. The number of imide groups is 1. The van der Waals surface area contributed by atoms with Gasteiger partial charge < -0.3 is 20.0 Å². The molecule has 1 aromatic carbocycles. The summed E-state index contributed by atoms with van der Waals surface area (Å²) in [6, 6.07) is 4.94. The van der Waals surface area contributed by atoms with Crippen LogP contribution in [0.5, 0.6) is 11.5 Å². The lowest BCUT2D eigenvalue weighted by atomic mass is 9.85. The van der Waals surface area contributed by atoms with Gasteiger partial charge in [0.15, 0.2) is 17.3 Å². The van der Waals surface area contributed by atoms with Gasteiger partial charge in [0.25, 0.3) is 0 Å². The maximum absolute atomic E-state index is 12.4. The SMILES string of the molecule is COc1ccc(/C(N)=N/OC(=O)CCCN2C(=O)[C@H]3CC=CC[C@H]3C2=O)cc1OC. The number of ether oxygens (including phenoxy) is 2. The Balaban J connectivity index is 1.49. The number of oxime groups is 1. The van der Waals surface area contributed by atoms with Crippen LogP contribution < -0.4 is 15.2 Å². The molecule has 30 heavy (non-hydrogen) atoms. The summed E-state index contributed by atoms with van der Waals surface area (Å²) in [6.07, 6.45) is 5.38. The normalized spacial score (nSPS) is 20.9. The van der Waals surface area contributed by atoms with Crippen LogP contribution in [-0.4, -0.2) is 49.3 Å². The topological polar surface area (TPSA) is 121 Å². The molecule has 1 aromatic rings. The predicted octanol–water partition coefficient (Wildman–Crippen LogP) is 1.60. The van der Waals surface area contributed by atoms with Crippen molar-refractivity contribution in [3.8, 4) is 11.5 Å². The van der Waals surface area contributed by atoms with Gasteiger partial charge in [-0.1, -0.05) is 17.3 Å². The summed E-state index contributed by atoms with van der Waals surface area (Å²) in [5.41, 5.74) is 6.37. The van der Waals surface area contributed by atoms with Crippen molar-refractivity contribution in [2.24, 2.45) is 22.7 Å². The van der Waals surface area contributed by atoms with Gasteiger partial charge in [0.1, 0.15) is 0 Å². The molecule has 0 unspecified atom stereocenters. The van der Waals surface area contributed by atoms with Crippen molar-refractivity contribution < 1.29 is 28.7 Å². The van der Waals surface area contributed by atoms with E-state index in [1.165, 1.54) is 19.1 Å². The maximum Gasteiger partial charge on any atom is 0.335 e. The maximum atomic E-state index is 12.4. The summed E-state index contributed by atoms with van der Waals surface area (Å²) < 4.78 is 10.4. The second-order valence-electron chi connectivity index (χ2n) is 7.10. The highest BCUT2D eigenvalue weighted by molar-refractivity contribution is 6.05. The fourth-order valence-electron chi connectivity index (χ4n) is 3.66. The monoisotopic (exact) mass is 415 g/mol. The molecular formula is C21H25N3O6. The Morgan fingerprint density at radius 1 is 1.10 bits per heavy atom. The number of nitrogens with zero attached hydrogens (tertiary/aromatic N) is 2.